The van der Waals surface area contributed by atoms with E-state index in [9.17, 15) is 4.79 Å². The number of carbonyl (C=O) groups excluding carboxylic acids is 1. The largest absolute Gasteiger partial charge is 0.494 e. The molecule has 0 saturated carbocycles. The van der Waals surface area contributed by atoms with E-state index in [2.05, 4.69) is 93.6 Å². The van der Waals surface area contributed by atoms with Gasteiger partial charge in [0.05, 0.1) is 18.8 Å². The number of hydrogen-bond acceptors (Lipinski definition) is 4. The van der Waals surface area contributed by atoms with Crippen molar-refractivity contribution in [2.75, 3.05) is 13.2 Å². The quantitative estimate of drug-likeness (QED) is 0.0499. The minimum Gasteiger partial charge on any atom is -0.494 e. The van der Waals surface area contributed by atoms with Crippen molar-refractivity contribution in [3.63, 3.8) is 0 Å². The predicted octanol–water partition coefficient (Wildman–Crippen LogP) is 12.3. The van der Waals surface area contributed by atoms with E-state index < -0.39 is 0 Å². The summed E-state index contributed by atoms with van der Waals surface area (Å²) in [5.41, 5.74) is 7.83. The molecule has 0 N–H and O–H groups in total. The van der Waals surface area contributed by atoms with Gasteiger partial charge in [-0.05, 0) is 108 Å². The van der Waals surface area contributed by atoms with Gasteiger partial charge in [-0.1, -0.05) is 131 Å². The summed E-state index contributed by atoms with van der Waals surface area (Å²) in [5.74, 6) is 2.55. The molecule has 4 nitrogen and oxygen atoms in total. The summed E-state index contributed by atoms with van der Waals surface area (Å²) < 4.78 is 17.5. The number of carbonyl (C=O) groups is 1. The Hall–Kier alpha value is -4.83. The molecule has 0 fully saturated rings. The van der Waals surface area contributed by atoms with E-state index in [1.54, 1.807) is 12.1 Å². The average Bonchev–Trinajstić information content (AvgIpc) is 3.15. The van der Waals surface area contributed by atoms with Gasteiger partial charge in [-0.15, -0.1) is 0 Å². The van der Waals surface area contributed by atoms with Gasteiger partial charge in [0.1, 0.15) is 17.2 Å². The zero-order chi connectivity index (χ0) is 35.0. The van der Waals surface area contributed by atoms with Crippen LogP contribution >= 0.6 is 0 Å². The molecule has 1 unspecified atom stereocenters. The molecule has 5 rings (SSSR count). The second-order valence-electron chi connectivity index (χ2n) is 13.4. The molecule has 0 aliphatic heterocycles. The van der Waals surface area contributed by atoms with Crippen LogP contribution in [0.15, 0.2) is 121 Å². The third-order valence-electron chi connectivity index (χ3n) is 9.29. The lowest BCUT2D eigenvalue weighted by Crippen LogP contribution is -2.08. The van der Waals surface area contributed by atoms with E-state index >= 15 is 0 Å². The van der Waals surface area contributed by atoms with Gasteiger partial charge in [-0.2, -0.15) is 0 Å². The lowest BCUT2D eigenvalue weighted by molar-refractivity contribution is 0.0734. The molecule has 1 atom stereocenters. The Morgan fingerprint density at radius 1 is 0.520 bits per heavy atom. The second kappa shape index (κ2) is 19.4. The van der Waals surface area contributed by atoms with Crippen molar-refractivity contribution in [2.24, 2.45) is 5.92 Å². The average molecular weight is 669 g/mol. The summed E-state index contributed by atoms with van der Waals surface area (Å²) in [5, 5.41) is 0. The maximum absolute atomic E-state index is 12.7. The van der Waals surface area contributed by atoms with E-state index in [1.807, 2.05) is 36.4 Å². The smallest absolute Gasteiger partial charge is 0.343 e. The van der Waals surface area contributed by atoms with Crippen molar-refractivity contribution in [1.82, 2.24) is 0 Å². The normalized spacial score (nSPS) is 11.6. The van der Waals surface area contributed by atoms with Crippen LogP contribution in [0.5, 0.6) is 17.2 Å². The van der Waals surface area contributed by atoms with Gasteiger partial charge in [0.25, 0.3) is 0 Å². The summed E-state index contributed by atoms with van der Waals surface area (Å²) >= 11 is 0. The fraction of sp³-hybridized carbons (Fsp3) is 0.326. The van der Waals surface area contributed by atoms with Crippen LogP contribution in [0.25, 0.3) is 22.3 Å². The molecule has 0 radical (unpaired) electrons. The van der Waals surface area contributed by atoms with Crippen LogP contribution in [0.4, 0.5) is 0 Å². The first kappa shape index (κ1) is 36.5. The van der Waals surface area contributed by atoms with Gasteiger partial charge < -0.3 is 14.2 Å². The van der Waals surface area contributed by atoms with Crippen molar-refractivity contribution in [3.05, 3.63) is 138 Å². The molecule has 0 bridgehead atoms. The fourth-order valence-corrected chi connectivity index (χ4v) is 5.91. The van der Waals surface area contributed by atoms with Crippen LogP contribution in [0.3, 0.4) is 0 Å². The topological polar surface area (TPSA) is 44.8 Å². The summed E-state index contributed by atoms with van der Waals surface area (Å²) in [6.45, 7) is 8.06. The zero-order valence-electron chi connectivity index (χ0n) is 30.0. The number of esters is 1. The van der Waals surface area contributed by atoms with Gasteiger partial charge >= 0.3 is 5.97 Å². The van der Waals surface area contributed by atoms with Crippen molar-refractivity contribution in [2.45, 2.75) is 78.6 Å². The molecular formula is C46H52O4. The minimum atomic E-state index is -0.377. The van der Waals surface area contributed by atoms with Crippen molar-refractivity contribution in [3.8, 4) is 39.5 Å². The number of benzene rings is 5. The van der Waals surface area contributed by atoms with Crippen molar-refractivity contribution < 1.29 is 19.0 Å². The number of aryl methyl sites for hydroxylation is 1. The Morgan fingerprint density at radius 3 is 1.40 bits per heavy atom. The van der Waals surface area contributed by atoms with E-state index in [1.165, 1.54) is 54.4 Å². The molecule has 4 heteroatoms. The molecule has 0 aromatic heterocycles. The Morgan fingerprint density at radius 2 is 0.920 bits per heavy atom. The van der Waals surface area contributed by atoms with E-state index in [0.717, 1.165) is 54.9 Å². The summed E-state index contributed by atoms with van der Waals surface area (Å²) in [6.07, 6.45) is 10.4. The lowest BCUT2D eigenvalue weighted by Gasteiger charge is -2.10. The van der Waals surface area contributed by atoms with Gasteiger partial charge in [-0.25, -0.2) is 4.79 Å². The SMILES string of the molecule is CCC(C)Cc1ccc(-c2ccc(OC(=O)c3ccc(OCCCCCCCCCOc4ccc(-c5ccc(C)cc5)cc4)cc3)cc2)cc1. The van der Waals surface area contributed by atoms with Gasteiger partial charge in [-0.3, -0.25) is 0 Å². The van der Waals surface area contributed by atoms with E-state index in [4.69, 9.17) is 14.2 Å². The summed E-state index contributed by atoms with van der Waals surface area (Å²) in [7, 11) is 0. The van der Waals surface area contributed by atoms with Crippen LogP contribution < -0.4 is 14.2 Å². The Bertz CT molecular complexity index is 1700. The molecule has 0 heterocycles. The maximum atomic E-state index is 12.7. The van der Waals surface area contributed by atoms with E-state index in [0.29, 0.717) is 23.8 Å². The molecule has 5 aromatic carbocycles. The number of rotatable bonds is 19. The lowest BCUT2D eigenvalue weighted by atomic mass is 9.97. The molecule has 50 heavy (non-hydrogen) atoms. The first-order chi connectivity index (χ1) is 24.5. The molecular weight excluding hydrogens is 617 g/mol. The molecule has 5 aromatic rings. The molecule has 0 amide bonds. The highest BCUT2D eigenvalue weighted by atomic mass is 16.5. The van der Waals surface area contributed by atoms with Crippen molar-refractivity contribution >= 4 is 5.97 Å². The molecule has 0 spiro atoms. The van der Waals surface area contributed by atoms with Crippen LogP contribution in [-0.4, -0.2) is 19.2 Å². The maximum Gasteiger partial charge on any atom is 0.343 e. The highest BCUT2D eigenvalue weighted by Crippen LogP contribution is 2.26. The van der Waals surface area contributed by atoms with Crippen LogP contribution in [0, 0.1) is 12.8 Å². The standard InChI is InChI=1S/C46H52O4/c1-4-35(2)34-37-14-18-39(19-15-37)41-22-30-45(31-23-41)50-46(47)42-24-28-44(29-25-42)49-33-11-9-7-5-6-8-10-32-48-43-26-20-40(21-27-43)38-16-12-36(3)13-17-38/h12-31,35H,4-11,32-34H2,1-3H3. The van der Waals surface area contributed by atoms with Crippen LogP contribution in [-0.2, 0) is 6.42 Å². The second-order valence-corrected chi connectivity index (χ2v) is 13.4. The van der Waals surface area contributed by atoms with Crippen molar-refractivity contribution in [1.29, 1.82) is 0 Å². The Labute approximate surface area is 299 Å². The number of unbranched alkanes of at least 4 members (excludes halogenated alkanes) is 6. The monoisotopic (exact) mass is 668 g/mol. The Kier molecular flexibility index (Phi) is 14.1. The van der Waals surface area contributed by atoms with Gasteiger partial charge in [0.15, 0.2) is 0 Å². The minimum absolute atomic E-state index is 0.377. The molecule has 260 valence electrons. The van der Waals surface area contributed by atoms with Gasteiger partial charge in [0.2, 0.25) is 0 Å². The molecule has 0 saturated heterocycles. The first-order valence-corrected chi connectivity index (χ1v) is 18.4. The molecule has 0 aliphatic rings. The van der Waals surface area contributed by atoms with E-state index in [-0.39, 0.29) is 5.97 Å². The highest BCUT2D eigenvalue weighted by molar-refractivity contribution is 5.91. The first-order valence-electron chi connectivity index (χ1n) is 18.4. The van der Waals surface area contributed by atoms with Crippen LogP contribution in [0.1, 0.15) is 86.7 Å². The molecule has 0 aliphatic carbocycles. The van der Waals surface area contributed by atoms with Crippen LogP contribution in [0.2, 0.25) is 0 Å². The third-order valence-corrected chi connectivity index (χ3v) is 9.29. The summed E-state index contributed by atoms with van der Waals surface area (Å²) in [4.78, 5) is 12.7. The fourth-order valence-electron chi connectivity index (χ4n) is 5.91. The zero-order valence-corrected chi connectivity index (χ0v) is 30.0. The summed E-state index contributed by atoms with van der Waals surface area (Å²) in [6, 6.07) is 40.6. The predicted molar refractivity (Wildman–Crippen MR) is 206 cm³/mol. The Balaban J connectivity index is 0.901. The number of hydrogen-bond donors (Lipinski definition) is 0. The highest BCUT2D eigenvalue weighted by Gasteiger charge is 2.10. The van der Waals surface area contributed by atoms with Gasteiger partial charge in [0, 0.05) is 0 Å². The third kappa shape index (κ3) is 11.7. The number of ether oxygens (including phenoxy) is 3.